The van der Waals surface area contributed by atoms with Gasteiger partial charge in [-0.1, -0.05) is 0 Å². The van der Waals surface area contributed by atoms with E-state index in [1.54, 1.807) is 0 Å². The molecule has 4 heteroatoms. The minimum Gasteiger partial charge on any atom is -0.343 e. The molecule has 0 bridgehead atoms. The summed E-state index contributed by atoms with van der Waals surface area (Å²) in [6.45, 7) is 11.1. The van der Waals surface area contributed by atoms with Gasteiger partial charge in [-0.3, -0.25) is 0 Å². The molecule has 3 aliphatic heterocycles. The standard InChI is InChI=1S/C15H28N2O2/c1-15(2)18-13(11-16-7-3-4-8-16)14(19-15)12-17-9-5-6-10-17/h13-14H,3-12H2,1-2H3. The summed E-state index contributed by atoms with van der Waals surface area (Å²) in [6.07, 6.45) is 5.85. The van der Waals surface area contributed by atoms with E-state index in [9.17, 15) is 0 Å². The molecule has 3 aliphatic rings. The van der Waals surface area contributed by atoms with Crippen LogP contribution in [0.15, 0.2) is 0 Å². The minimum atomic E-state index is -0.408. The maximum atomic E-state index is 6.14. The van der Waals surface area contributed by atoms with Gasteiger partial charge in [0, 0.05) is 13.1 Å². The highest BCUT2D eigenvalue weighted by molar-refractivity contribution is 4.87. The third kappa shape index (κ3) is 3.48. The second-order valence-corrected chi connectivity index (χ2v) is 6.73. The fourth-order valence-electron chi connectivity index (χ4n) is 3.66. The Balaban J connectivity index is 1.57. The smallest absolute Gasteiger partial charge is 0.163 e. The first-order valence-electron chi connectivity index (χ1n) is 7.93. The van der Waals surface area contributed by atoms with Gasteiger partial charge >= 0.3 is 0 Å². The summed E-state index contributed by atoms with van der Waals surface area (Å²) in [6, 6.07) is 0. The summed E-state index contributed by atoms with van der Waals surface area (Å²) in [4.78, 5) is 5.07. The van der Waals surface area contributed by atoms with E-state index < -0.39 is 5.79 Å². The van der Waals surface area contributed by atoms with Crippen LogP contribution in [0.5, 0.6) is 0 Å². The van der Waals surface area contributed by atoms with Crippen LogP contribution < -0.4 is 0 Å². The molecule has 110 valence electrons. The molecular formula is C15H28N2O2. The third-order valence-electron chi connectivity index (χ3n) is 4.56. The fourth-order valence-corrected chi connectivity index (χ4v) is 3.66. The van der Waals surface area contributed by atoms with Gasteiger partial charge in [-0.05, 0) is 65.7 Å². The van der Waals surface area contributed by atoms with Gasteiger partial charge in [0.2, 0.25) is 0 Å². The van der Waals surface area contributed by atoms with Crippen LogP contribution in [-0.2, 0) is 9.47 Å². The largest absolute Gasteiger partial charge is 0.343 e. The van der Waals surface area contributed by atoms with Gasteiger partial charge in [-0.25, -0.2) is 0 Å². The van der Waals surface area contributed by atoms with Gasteiger partial charge in [0.1, 0.15) is 12.2 Å². The summed E-state index contributed by atoms with van der Waals surface area (Å²) in [7, 11) is 0. The molecule has 19 heavy (non-hydrogen) atoms. The molecule has 3 fully saturated rings. The van der Waals surface area contributed by atoms with Crippen LogP contribution in [-0.4, -0.2) is 67.1 Å². The molecule has 3 rings (SSSR count). The molecule has 4 nitrogen and oxygen atoms in total. The predicted molar refractivity (Wildman–Crippen MR) is 75.2 cm³/mol. The van der Waals surface area contributed by atoms with Crippen molar-refractivity contribution >= 4 is 0 Å². The Labute approximate surface area is 117 Å². The average molecular weight is 268 g/mol. The van der Waals surface area contributed by atoms with Crippen molar-refractivity contribution in [2.24, 2.45) is 0 Å². The predicted octanol–water partition coefficient (Wildman–Crippen LogP) is 1.70. The Hall–Kier alpha value is -0.160. The summed E-state index contributed by atoms with van der Waals surface area (Å²) in [5.74, 6) is -0.408. The second kappa shape index (κ2) is 5.68. The van der Waals surface area contributed by atoms with E-state index in [0.717, 1.165) is 13.1 Å². The minimum absolute atomic E-state index is 0.244. The molecule has 3 heterocycles. The molecule has 2 unspecified atom stereocenters. The summed E-state index contributed by atoms with van der Waals surface area (Å²) >= 11 is 0. The molecule has 0 amide bonds. The lowest BCUT2D eigenvalue weighted by Crippen LogP contribution is -2.42. The number of ether oxygens (including phenoxy) is 2. The lowest BCUT2D eigenvalue weighted by Gasteiger charge is -2.25. The first kappa shape index (κ1) is 13.8. The second-order valence-electron chi connectivity index (χ2n) is 6.73. The molecule has 3 saturated heterocycles. The normalized spacial score (nSPS) is 36.3. The van der Waals surface area contributed by atoms with E-state index >= 15 is 0 Å². The van der Waals surface area contributed by atoms with Gasteiger partial charge in [0.15, 0.2) is 5.79 Å². The molecule has 0 saturated carbocycles. The SMILES string of the molecule is CC1(C)OC(CN2CCCC2)C(CN2CCCC2)O1. The Morgan fingerprint density at radius 3 is 1.53 bits per heavy atom. The molecular weight excluding hydrogens is 240 g/mol. The monoisotopic (exact) mass is 268 g/mol. The number of hydrogen-bond acceptors (Lipinski definition) is 4. The molecule has 0 aromatic heterocycles. The Bertz CT molecular complexity index is 269. The average Bonchev–Trinajstić information content (AvgIpc) is 3.02. The van der Waals surface area contributed by atoms with Crippen LogP contribution in [0.3, 0.4) is 0 Å². The van der Waals surface area contributed by atoms with E-state index in [-0.39, 0.29) is 12.2 Å². The summed E-state index contributed by atoms with van der Waals surface area (Å²) in [5.41, 5.74) is 0. The molecule has 0 radical (unpaired) electrons. The highest BCUT2D eigenvalue weighted by atomic mass is 16.8. The van der Waals surface area contributed by atoms with Crippen molar-refractivity contribution in [3.05, 3.63) is 0 Å². The van der Waals surface area contributed by atoms with E-state index in [4.69, 9.17) is 9.47 Å². The van der Waals surface area contributed by atoms with Gasteiger partial charge in [-0.15, -0.1) is 0 Å². The lowest BCUT2D eigenvalue weighted by molar-refractivity contribution is -0.148. The van der Waals surface area contributed by atoms with Crippen molar-refractivity contribution in [1.82, 2.24) is 9.80 Å². The van der Waals surface area contributed by atoms with Crippen molar-refractivity contribution in [3.8, 4) is 0 Å². The van der Waals surface area contributed by atoms with Gasteiger partial charge in [0.25, 0.3) is 0 Å². The Kier molecular flexibility index (Phi) is 4.13. The highest BCUT2D eigenvalue weighted by Gasteiger charge is 2.42. The number of likely N-dealkylation sites (tertiary alicyclic amines) is 2. The van der Waals surface area contributed by atoms with Crippen LogP contribution >= 0.6 is 0 Å². The van der Waals surface area contributed by atoms with E-state index in [1.165, 1.54) is 51.9 Å². The van der Waals surface area contributed by atoms with Crippen LogP contribution in [0.1, 0.15) is 39.5 Å². The van der Waals surface area contributed by atoms with Crippen LogP contribution in [0.25, 0.3) is 0 Å². The Morgan fingerprint density at radius 2 is 1.16 bits per heavy atom. The molecule has 0 N–H and O–H groups in total. The topological polar surface area (TPSA) is 24.9 Å². The van der Waals surface area contributed by atoms with E-state index in [1.807, 2.05) is 13.8 Å². The highest BCUT2D eigenvalue weighted by Crippen LogP contribution is 2.30. The van der Waals surface area contributed by atoms with Crippen LogP contribution in [0.2, 0.25) is 0 Å². The Morgan fingerprint density at radius 1 is 0.789 bits per heavy atom. The van der Waals surface area contributed by atoms with Crippen LogP contribution in [0, 0.1) is 0 Å². The quantitative estimate of drug-likeness (QED) is 0.775. The third-order valence-corrected chi connectivity index (χ3v) is 4.56. The number of nitrogens with zero attached hydrogens (tertiary/aromatic N) is 2. The van der Waals surface area contributed by atoms with Crippen molar-refractivity contribution in [3.63, 3.8) is 0 Å². The first-order valence-corrected chi connectivity index (χ1v) is 7.93. The summed E-state index contributed by atoms with van der Waals surface area (Å²) < 4.78 is 12.3. The van der Waals surface area contributed by atoms with Crippen molar-refractivity contribution < 1.29 is 9.47 Å². The number of hydrogen-bond donors (Lipinski definition) is 0. The molecule has 0 spiro atoms. The molecule has 0 aromatic carbocycles. The maximum Gasteiger partial charge on any atom is 0.163 e. The van der Waals surface area contributed by atoms with Gasteiger partial charge < -0.3 is 19.3 Å². The van der Waals surface area contributed by atoms with Crippen molar-refractivity contribution in [2.45, 2.75) is 57.5 Å². The first-order chi connectivity index (χ1) is 9.12. The fraction of sp³-hybridized carbons (Fsp3) is 1.00. The molecule has 0 aromatic rings. The molecule has 0 aliphatic carbocycles. The van der Waals surface area contributed by atoms with Crippen molar-refractivity contribution in [1.29, 1.82) is 0 Å². The maximum absolute atomic E-state index is 6.14. The molecule has 2 atom stereocenters. The number of rotatable bonds is 4. The zero-order chi connectivity index (χ0) is 13.3. The van der Waals surface area contributed by atoms with E-state index in [2.05, 4.69) is 9.80 Å². The zero-order valence-electron chi connectivity index (χ0n) is 12.4. The van der Waals surface area contributed by atoms with Crippen LogP contribution in [0.4, 0.5) is 0 Å². The van der Waals surface area contributed by atoms with E-state index in [0.29, 0.717) is 0 Å². The van der Waals surface area contributed by atoms with Crippen molar-refractivity contribution in [2.75, 3.05) is 39.3 Å². The lowest BCUT2D eigenvalue weighted by atomic mass is 10.2. The van der Waals surface area contributed by atoms with Gasteiger partial charge in [-0.2, -0.15) is 0 Å². The zero-order valence-corrected chi connectivity index (χ0v) is 12.4. The summed E-state index contributed by atoms with van der Waals surface area (Å²) in [5, 5.41) is 0. The van der Waals surface area contributed by atoms with Gasteiger partial charge in [0.05, 0.1) is 0 Å².